The maximum absolute atomic E-state index is 6.91. The quantitative estimate of drug-likeness (QED) is 0.539. The van der Waals surface area contributed by atoms with Crippen LogP contribution in [0.3, 0.4) is 0 Å². The Bertz CT molecular complexity index is 612. The topological polar surface area (TPSA) is 0 Å². The van der Waals surface area contributed by atoms with Gasteiger partial charge in [-0.2, -0.15) is 0 Å². The molecule has 0 heterocycles. The van der Waals surface area contributed by atoms with Crippen LogP contribution in [0.2, 0.25) is 5.02 Å². The highest BCUT2D eigenvalue weighted by Gasteiger charge is 2.35. The van der Waals surface area contributed by atoms with Gasteiger partial charge in [0.05, 0.1) is 5.38 Å². The normalized spacial score (nSPS) is 19.9. The van der Waals surface area contributed by atoms with Crippen LogP contribution < -0.4 is 0 Å². The monoisotopic (exact) mass is 306 g/mol. The van der Waals surface area contributed by atoms with Crippen molar-refractivity contribution in [2.24, 2.45) is 5.41 Å². The van der Waals surface area contributed by atoms with Crippen molar-refractivity contribution in [3.05, 3.63) is 47.0 Å². The minimum Gasteiger partial charge on any atom is -0.117 e. The minimum absolute atomic E-state index is 0.0602. The maximum atomic E-state index is 6.91. The Kier molecular flexibility index (Phi) is 3.97. The largest absolute Gasteiger partial charge is 0.117 e. The molecule has 1 saturated carbocycles. The van der Waals surface area contributed by atoms with Crippen molar-refractivity contribution in [1.82, 2.24) is 0 Å². The van der Waals surface area contributed by atoms with Crippen LogP contribution >= 0.6 is 23.2 Å². The first-order valence-corrected chi connectivity index (χ1v) is 8.24. The van der Waals surface area contributed by atoms with Gasteiger partial charge in [-0.05, 0) is 35.3 Å². The van der Waals surface area contributed by atoms with E-state index in [4.69, 9.17) is 23.2 Å². The molecule has 1 aliphatic rings. The van der Waals surface area contributed by atoms with Gasteiger partial charge in [-0.1, -0.05) is 68.1 Å². The van der Waals surface area contributed by atoms with Crippen molar-refractivity contribution in [3.8, 4) is 0 Å². The summed E-state index contributed by atoms with van der Waals surface area (Å²) in [6, 6.07) is 12.4. The fourth-order valence-electron chi connectivity index (χ4n) is 3.49. The number of fused-ring (bicyclic) bond motifs is 1. The summed E-state index contributed by atoms with van der Waals surface area (Å²) in [6.07, 6.45) is 6.38. The second kappa shape index (κ2) is 5.58. The molecule has 1 aliphatic carbocycles. The van der Waals surface area contributed by atoms with E-state index in [9.17, 15) is 0 Å². The molecular formula is C18H20Cl2. The van der Waals surface area contributed by atoms with Crippen LogP contribution in [0.5, 0.6) is 0 Å². The van der Waals surface area contributed by atoms with E-state index >= 15 is 0 Å². The summed E-state index contributed by atoms with van der Waals surface area (Å²) in [6.45, 7) is 2.34. The first kappa shape index (κ1) is 14.2. The third kappa shape index (κ3) is 2.44. The summed E-state index contributed by atoms with van der Waals surface area (Å²) >= 11 is 13.2. The summed E-state index contributed by atoms with van der Waals surface area (Å²) < 4.78 is 0. The average Bonchev–Trinajstić information content (AvgIpc) is 2.48. The Hall–Kier alpha value is -0.720. The summed E-state index contributed by atoms with van der Waals surface area (Å²) in [5.41, 5.74) is 1.44. The summed E-state index contributed by atoms with van der Waals surface area (Å²) in [4.78, 5) is 0. The van der Waals surface area contributed by atoms with Gasteiger partial charge in [0.15, 0.2) is 0 Å². The van der Waals surface area contributed by atoms with Crippen LogP contribution in [0.15, 0.2) is 36.4 Å². The van der Waals surface area contributed by atoms with Crippen LogP contribution in [0.4, 0.5) is 0 Å². The molecule has 0 N–H and O–H groups in total. The third-order valence-corrected chi connectivity index (χ3v) is 5.88. The van der Waals surface area contributed by atoms with Crippen LogP contribution in [0.1, 0.15) is 50.0 Å². The number of hydrogen-bond acceptors (Lipinski definition) is 0. The zero-order chi connectivity index (χ0) is 14.2. The first-order chi connectivity index (χ1) is 9.62. The van der Waals surface area contributed by atoms with Crippen molar-refractivity contribution in [2.75, 3.05) is 0 Å². The standard InChI is InChI=1S/C18H20Cl2/c1-18(11-5-2-6-12-18)17(20)15-9-10-16(19)14-8-4-3-7-13(14)15/h3-4,7-10,17H,2,5-6,11-12H2,1H3. The minimum atomic E-state index is 0.0602. The Morgan fingerprint density at radius 1 is 0.950 bits per heavy atom. The van der Waals surface area contributed by atoms with E-state index in [1.807, 2.05) is 12.1 Å². The molecule has 0 bridgehead atoms. The molecular weight excluding hydrogens is 287 g/mol. The van der Waals surface area contributed by atoms with Gasteiger partial charge in [-0.25, -0.2) is 0 Å². The van der Waals surface area contributed by atoms with Gasteiger partial charge in [0.2, 0.25) is 0 Å². The smallest absolute Gasteiger partial charge is 0.0644 e. The number of benzene rings is 2. The molecule has 0 amide bonds. The van der Waals surface area contributed by atoms with E-state index in [0.29, 0.717) is 0 Å². The van der Waals surface area contributed by atoms with E-state index in [0.717, 1.165) is 10.4 Å². The Morgan fingerprint density at radius 3 is 2.30 bits per heavy atom. The number of halogens is 2. The third-order valence-electron chi connectivity index (χ3n) is 4.79. The molecule has 0 aromatic heterocycles. The molecule has 1 fully saturated rings. The molecule has 0 aliphatic heterocycles. The van der Waals surface area contributed by atoms with Gasteiger partial charge in [0.1, 0.15) is 0 Å². The maximum Gasteiger partial charge on any atom is 0.0644 e. The van der Waals surface area contributed by atoms with Crippen molar-refractivity contribution in [1.29, 1.82) is 0 Å². The van der Waals surface area contributed by atoms with E-state index in [2.05, 4.69) is 31.2 Å². The molecule has 2 heteroatoms. The predicted molar refractivity (Wildman–Crippen MR) is 88.7 cm³/mol. The van der Waals surface area contributed by atoms with E-state index in [1.165, 1.54) is 43.1 Å². The Balaban J connectivity index is 2.08. The fraction of sp³-hybridized carbons (Fsp3) is 0.444. The van der Waals surface area contributed by atoms with Crippen LogP contribution in [-0.2, 0) is 0 Å². The Morgan fingerprint density at radius 2 is 1.60 bits per heavy atom. The zero-order valence-corrected chi connectivity index (χ0v) is 13.3. The van der Waals surface area contributed by atoms with Gasteiger partial charge in [0.25, 0.3) is 0 Å². The lowest BCUT2D eigenvalue weighted by Crippen LogP contribution is -2.25. The molecule has 2 aromatic carbocycles. The molecule has 3 rings (SSSR count). The predicted octanol–water partition coefficient (Wildman–Crippen LogP) is 6.74. The van der Waals surface area contributed by atoms with Crippen molar-refractivity contribution < 1.29 is 0 Å². The van der Waals surface area contributed by atoms with Crippen molar-refractivity contribution in [2.45, 2.75) is 44.4 Å². The van der Waals surface area contributed by atoms with Gasteiger partial charge >= 0.3 is 0 Å². The van der Waals surface area contributed by atoms with E-state index in [-0.39, 0.29) is 10.8 Å². The summed E-state index contributed by atoms with van der Waals surface area (Å²) in [5.74, 6) is 0. The number of alkyl halides is 1. The molecule has 106 valence electrons. The lowest BCUT2D eigenvalue weighted by Gasteiger charge is -2.38. The molecule has 1 unspecified atom stereocenters. The molecule has 0 nitrogen and oxygen atoms in total. The van der Waals surface area contributed by atoms with Crippen LogP contribution in [0.25, 0.3) is 10.8 Å². The molecule has 1 atom stereocenters. The van der Waals surface area contributed by atoms with Gasteiger partial charge in [-0.15, -0.1) is 11.6 Å². The molecule has 0 radical (unpaired) electrons. The van der Waals surface area contributed by atoms with Crippen LogP contribution in [0, 0.1) is 5.41 Å². The van der Waals surface area contributed by atoms with E-state index < -0.39 is 0 Å². The van der Waals surface area contributed by atoms with Gasteiger partial charge < -0.3 is 0 Å². The summed E-state index contributed by atoms with van der Waals surface area (Å²) in [7, 11) is 0. The van der Waals surface area contributed by atoms with E-state index in [1.54, 1.807) is 0 Å². The summed E-state index contributed by atoms with van der Waals surface area (Å²) in [5, 5.41) is 3.18. The average molecular weight is 307 g/mol. The molecule has 2 aromatic rings. The number of rotatable bonds is 2. The van der Waals surface area contributed by atoms with Crippen molar-refractivity contribution >= 4 is 34.0 Å². The highest BCUT2D eigenvalue weighted by molar-refractivity contribution is 6.35. The SMILES string of the molecule is CC1(C(Cl)c2ccc(Cl)c3ccccc23)CCCCC1. The Labute approximate surface area is 131 Å². The second-order valence-electron chi connectivity index (χ2n) is 6.26. The van der Waals surface area contributed by atoms with Crippen molar-refractivity contribution in [3.63, 3.8) is 0 Å². The van der Waals surface area contributed by atoms with Crippen LogP contribution in [-0.4, -0.2) is 0 Å². The molecule has 0 saturated heterocycles. The highest BCUT2D eigenvalue weighted by Crippen LogP contribution is 2.50. The highest BCUT2D eigenvalue weighted by atomic mass is 35.5. The zero-order valence-electron chi connectivity index (χ0n) is 11.8. The molecule has 20 heavy (non-hydrogen) atoms. The van der Waals surface area contributed by atoms with Gasteiger partial charge in [-0.3, -0.25) is 0 Å². The lowest BCUT2D eigenvalue weighted by molar-refractivity contribution is 0.207. The fourth-order valence-corrected chi connectivity index (χ4v) is 4.13. The second-order valence-corrected chi connectivity index (χ2v) is 7.10. The van der Waals surface area contributed by atoms with Gasteiger partial charge in [0, 0.05) is 10.4 Å². The first-order valence-electron chi connectivity index (χ1n) is 7.43. The number of hydrogen-bond donors (Lipinski definition) is 0. The molecule has 0 spiro atoms. The lowest BCUT2D eigenvalue weighted by atomic mass is 9.71.